The van der Waals surface area contributed by atoms with Gasteiger partial charge in [-0.25, -0.2) is 0 Å². The monoisotopic (exact) mass is 241 g/mol. The molecule has 1 fully saturated rings. The maximum Gasteiger partial charge on any atom is 0.227 e. The smallest absolute Gasteiger partial charge is 0.227 e. The predicted molar refractivity (Wildman–Crippen MR) is 65.9 cm³/mol. The zero-order chi connectivity index (χ0) is 13.0. The van der Waals surface area contributed by atoms with Gasteiger partial charge in [-0.1, -0.05) is 13.8 Å². The lowest BCUT2D eigenvalue weighted by molar-refractivity contribution is -0.139. The molecule has 98 valence electrons. The van der Waals surface area contributed by atoms with Crippen molar-refractivity contribution in [2.45, 2.75) is 26.7 Å². The maximum absolute atomic E-state index is 12.2. The van der Waals surface area contributed by atoms with Crippen molar-refractivity contribution < 1.29 is 9.59 Å². The lowest BCUT2D eigenvalue weighted by Gasteiger charge is -2.34. The number of carbonyl (C=O) groups excluding carboxylic acids is 2. The Morgan fingerprint density at radius 2 is 2.06 bits per heavy atom. The fraction of sp³-hybridized carbons (Fsp3) is 0.833. The summed E-state index contributed by atoms with van der Waals surface area (Å²) in [5.41, 5.74) is 10.9. The second kappa shape index (κ2) is 6.00. The number of primary amides is 1. The Morgan fingerprint density at radius 3 is 2.53 bits per heavy atom. The van der Waals surface area contributed by atoms with Crippen molar-refractivity contribution in [2.75, 3.05) is 19.6 Å². The van der Waals surface area contributed by atoms with Gasteiger partial charge in [-0.3, -0.25) is 9.59 Å². The van der Waals surface area contributed by atoms with E-state index in [2.05, 4.69) is 0 Å². The van der Waals surface area contributed by atoms with Crippen molar-refractivity contribution in [2.24, 2.45) is 29.2 Å². The van der Waals surface area contributed by atoms with E-state index < -0.39 is 0 Å². The minimum Gasteiger partial charge on any atom is -0.369 e. The second-order valence-corrected chi connectivity index (χ2v) is 5.11. The summed E-state index contributed by atoms with van der Waals surface area (Å²) in [6, 6.07) is 0. The molecule has 17 heavy (non-hydrogen) atoms. The second-order valence-electron chi connectivity index (χ2n) is 5.11. The molecule has 4 N–H and O–H groups in total. The van der Waals surface area contributed by atoms with Crippen LogP contribution in [-0.4, -0.2) is 36.3 Å². The number of hydrogen-bond acceptors (Lipinski definition) is 3. The fourth-order valence-electron chi connectivity index (χ4n) is 2.30. The van der Waals surface area contributed by atoms with Crippen molar-refractivity contribution in [1.82, 2.24) is 4.90 Å². The van der Waals surface area contributed by atoms with Gasteiger partial charge in [-0.15, -0.1) is 0 Å². The number of piperidine rings is 1. The predicted octanol–water partition coefficient (Wildman–Crippen LogP) is -0.0588. The van der Waals surface area contributed by atoms with E-state index in [0.717, 1.165) is 12.8 Å². The van der Waals surface area contributed by atoms with Gasteiger partial charge in [0.1, 0.15) is 0 Å². The van der Waals surface area contributed by atoms with E-state index >= 15 is 0 Å². The molecule has 0 aromatic rings. The van der Waals surface area contributed by atoms with Crippen LogP contribution in [0.1, 0.15) is 26.7 Å². The van der Waals surface area contributed by atoms with E-state index in [9.17, 15) is 9.59 Å². The molecule has 2 atom stereocenters. The summed E-state index contributed by atoms with van der Waals surface area (Å²) in [6.07, 6.45) is 1.63. The SMILES string of the molecule is CC(C)C(CN)C(=O)N1CCCC(C(N)=O)C1. The summed E-state index contributed by atoms with van der Waals surface area (Å²) in [4.78, 5) is 25.1. The van der Waals surface area contributed by atoms with Gasteiger partial charge in [0.05, 0.1) is 11.8 Å². The number of nitrogens with zero attached hydrogens (tertiary/aromatic N) is 1. The average molecular weight is 241 g/mol. The largest absolute Gasteiger partial charge is 0.369 e. The minimum absolute atomic E-state index is 0.0634. The summed E-state index contributed by atoms with van der Waals surface area (Å²) in [7, 11) is 0. The van der Waals surface area contributed by atoms with Crippen LogP contribution in [0.25, 0.3) is 0 Å². The molecule has 5 heteroatoms. The van der Waals surface area contributed by atoms with E-state index in [1.165, 1.54) is 0 Å². The molecule has 0 spiro atoms. The molecule has 1 rings (SSSR count). The molecule has 5 nitrogen and oxygen atoms in total. The van der Waals surface area contributed by atoms with E-state index in [0.29, 0.717) is 19.6 Å². The van der Waals surface area contributed by atoms with Crippen molar-refractivity contribution in [3.8, 4) is 0 Å². The zero-order valence-electron chi connectivity index (χ0n) is 10.7. The number of hydrogen-bond donors (Lipinski definition) is 2. The molecule has 1 aliphatic rings. The molecule has 1 aliphatic heterocycles. The molecule has 2 amide bonds. The summed E-state index contributed by atoms with van der Waals surface area (Å²) < 4.78 is 0. The Balaban J connectivity index is 2.65. The summed E-state index contributed by atoms with van der Waals surface area (Å²) in [5.74, 6) is -0.369. The number of carbonyl (C=O) groups is 2. The van der Waals surface area contributed by atoms with Gasteiger partial charge in [-0.2, -0.15) is 0 Å². The van der Waals surface area contributed by atoms with Crippen LogP contribution in [0.5, 0.6) is 0 Å². The van der Waals surface area contributed by atoms with E-state index in [1.54, 1.807) is 4.90 Å². The van der Waals surface area contributed by atoms with Crippen molar-refractivity contribution in [1.29, 1.82) is 0 Å². The van der Waals surface area contributed by atoms with Crippen LogP contribution in [0.2, 0.25) is 0 Å². The highest BCUT2D eigenvalue weighted by atomic mass is 16.2. The Kier molecular flexibility index (Phi) is 4.93. The van der Waals surface area contributed by atoms with Gasteiger partial charge in [0.15, 0.2) is 0 Å². The van der Waals surface area contributed by atoms with Gasteiger partial charge >= 0.3 is 0 Å². The van der Waals surface area contributed by atoms with Gasteiger partial charge in [0.25, 0.3) is 0 Å². The van der Waals surface area contributed by atoms with Crippen molar-refractivity contribution >= 4 is 11.8 Å². The molecule has 0 aliphatic carbocycles. The van der Waals surface area contributed by atoms with Crippen molar-refractivity contribution in [3.63, 3.8) is 0 Å². The lowest BCUT2D eigenvalue weighted by atomic mass is 9.91. The first kappa shape index (κ1) is 14.0. The molecule has 2 unspecified atom stereocenters. The Morgan fingerprint density at radius 1 is 1.41 bits per heavy atom. The third-order valence-corrected chi connectivity index (χ3v) is 3.51. The number of likely N-dealkylation sites (tertiary alicyclic amines) is 1. The van der Waals surface area contributed by atoms with Crippen LogP contribution < -0.4 is 11.5 Å². The Labute approximate surface area is 103 Å². The Bertz CT molecular complexity index is 291. The molecule has 0 aromatic heterocycles. The van der Waals surface area contributed by atoms with Crippen LogP contribution in [0.4, 0.5) is 0 Å². The van der Waals surface area contributed by atoms with E-state index in [1.807, 2.05) is 13.8 Å². The quantitative estimate of drug-likeness (QED) is 0.722. The normalized spacial score (nSPS) is 22.6. The number of amides is 2. The Hall–Kier alpha value is -1.10. The zero-order valence-corrected chi connectivity index (χ0v) is 10.7. The van der Waals surface area contributed by atoms with Crippen LogP contribution in [0.3, 0.4) is 0 Å². The van der Waals surface area contributed by atoms with Crippen LogP contribution >= 0.6 is 0 Å². The summed E-state index contributed by atoms with van der Waals surface area (Å²) >= 11 is 0. The number of rotatable bonds is 4. The van der Waals surface area contributed by atoms with E-state index in [-0.39, 0.29) is 29.6 Å². The average Bonchev–Trinajstić information content (AvgIpc) is 2.29. The van der Waals surface area contributed by atoms with Crippen LogP contribution in [-0.2, 0) is 9.59 Å². The first-order valence-electron chi connectivity index (χ1n) is 6.25. The highest BCUT2D eigenvalue weighted by Crippen LogP contribution is 2.20. The summed E-state index contributed by atoms with van der Waals surface area (Å²) in [6.45, 7) is 5.51. The summed E-state index contributed by atoms with van der Waals surface area (Å²) in [5, 5.41) is 0. The fourth-order valence-corrected chi connectivity index (χ4v) is 2.30. The molecule has 0 radical (unpaired) electrons. The van der Waals surface area contributed by atoms with Crippen LogP contribution in [0.15, 0.2) is 0 Å². The van der Waals surface area contributed by atoms with Gasteiger partial charge < -0.3 is 16.4 Å². The third-order valence-electron chi connectivity index (χ3n) is 3.51. The molecule has 0 bridgehead atoms. The lowest BCUT2D eigenvalue weighted by Crippen LogP contribution is -2.48. The number of nitrogens with two attached hydrogens (primary N) is 2. The van der Waals surface area contributed by atoms with Crippen molar-refractivity contribution in [3.05, 3.63) is 0 Å². The standard InChI is InChI=1S/C12H23N3O2/c1-8(2)10(6-13)12(17)15-5-3-4-9(7-15)11(14)16/h8-10H,3-7,13H2,1-2H3,(H2,14,16). The molecular weight excluding hydrogens is 218 g/mol. The van der Waals surface area contributed by atoms with E-state index in [4.69, 9.17) is 11.5 Å². The first-order chi connectivity index (χ1) is 7.97. The highest BCUT2D eigenvalue weighted by molar-refractivity contribution is 5.81. The molecule has 0 aromatic carbocycles. The maximum atomic E-state index is 12.2. The van der Waals surface area contributed by atoms with Gasteiger partial charge in [-0.05, 0) is 18.8 Å². The first-order valence-corrected chi connectivity index (χ1v) is 6.25. The molecule has 1 saturated heterocycles. The topological polar surface area (TPSA) is 89.4 Å². The molecule has 0 saturated carbocycles. The van der Waals surface area contributed by atoms with Crippen LogP contribution in [0, 0.1) is 17.8 Å². The van der Waals surface area contributed by atoms with Gasteiger partial charge in [0.2, 0.25) is 11.8 Å². The van der Waals surface area contributed by atoms with Gasteiger partial charge in [0, 0.05) is 19.6 Å². The highest BCUT2D eigenvalue weighted by Gasteiger charge is 2.31. The minimum atomic E-state index is -0.309. The third kappa shape index (κ3) is 3.43. The molecular formula is C12H23N3O2. The molecule has 1 heterocycles.